The lowest BCUT2D eigenvalue weighted by atomic mass is 10.1. The fraction of sp³-hybridized carbons (Fsp3) is 0.357. The summed E-state index contributed by atoms with van der Waals surface area (Å²) in [4.78, 5) is 5.69. The summed E-state index contributed by atoms with van der Waals surface area (Å²) in [6.45, 7) is 5.14. The van der Waals surface area contributed by atoms with Gasteiger partial charge in [-0.1, -0.05) is 11.6 Å². The first kappa shape index (κ1) is 14.3. The molecule has 19 heavy (non-hydrogen) atoms. The second kappa shape index (κ2) is 6.37. The second-order valence-electron chi connectivity index (χ2n) is 4.33. The highest BCUT2D eigenvalue weighted by Crippen LogP contribution is 2.25. The van der Waals surface area contributed by atoms with Crippen molar-refractivity contribution < 1.29 is 4.74 Å². The summed E-state index contributed by atoms with van der Waals surface area (Å²) >= 11 is 7.66. The Bertz CT molecular complexity index is 549. The molecular weight excluding hydrogens is 280 g/mol. The first-order chi connectivity index (χ1) is 9.10. The molecule has 3 nitrogen and oxygen atoms in total. The molecule has 0 aliphatic carbocycles. The van der Waals surface area contributed by atoms with Gasteiger partial charge in [-0.25, -0.2) is 4.98 Å². The quantitative estimate of drug-likeness (QED) is 0.919. The molecule has 1 aromatic carbocycles. The molecule has 0 amide bonds. The van der Waals surface area contributed by atoms with Crippen LogP contribution in [0.2, 0.25) is 5.02 Å². The second-order valence-corrected chi connectivity index (χ2v) is 6.05. The van der Waals surface area contributed by atoms with Crippen molar-refractivity contribution in [2.75, 3.05) is 6.54 Å². The summed E-state index contributed by atoms with van der Waals surface area (Å²) in [6.07, 6.45) is 0.756. The van der Waals surface area contributed by atoms with Gasteiger partial charge >= 0.3 is 0 Å². The number of nitrogens with zero attached hydrogens (tertiary/aromatic N) is 1. The molecular formula is C14H17ClN2OS. The minimum absolute atomic E-state index is 0.485. The normalized spacial score (nSPS) is 10.7. The SMILES string of the molecule is Cc1nc(COc2ccc(Cl)cc2CCN)sc1C. The molecule has 0 fully saturated rings. The van der Waals surface area contributed by atoms with Gasteiger partial charge in [0, 0.05) is 9.90 Å². The van der Waals surface area contributed by atoms with Crippen LogP contribution in [0.25, 0.3) is 0 Å². The molecule has 1 aromatic heterocycles. The fourth-order valence-corrected chi connectivity index (χ4v) is 2.82. The van der Waals surface area contributed by atoms with Gasteiger partial charge in [0.1, 0.15) is 17.4 Å². The number of thiazole rings is 1. The number of nitrogens with two attached hydrogens (primary N) is 1. The average molecular weight is 297 g/mol. The van der Waals surface area contributed by atoms with E-state index in [-0.39, 0.29) is 0 Å². The highest BCUT2D eigenvalue weighted by Gasteiger charge is 2.07. The van der Waals surface area contributed by atoms with E-state index in [0.717, 1.165) is 28.4 Å². The van der Waals surface area contributed by atoms with E-state index >= 15 is 0 Å². The number of rotatable bonds is 5. The summed E-state index contributed by atoms with van der Waals surface area (Å²) in [5.74, 6) is 0.834. The first-order valence-electron chi connectivity index (χ1n) is 6.14. The lowest BCUT2D eigenvalue weighted by molar-refractivity contribution is 0.302. The zero-order valence-electron chi connectivity index (χ0n) is 11.1. The number of aryl methyl sites for hydroxylation is 2. The minimum atomic E-state index is 0.485. The van der Waals surface area contributed by atoms with Gasteiger partial charge in [0.25, 0.3) is 0 Å². The van der Waals surface area contributed by atoms with Crippen LogP contribution in [-0.4, -0.2) is 11.5 Å². The highest BCUT2D eigenvalue weighted by molar-refractivity contribution is 7.11. The number of hydrogen-bond acceptors (Lipinski definition) is 4. The van der Waals surface area contributed by atoms with E-state index in [1.54, 1.807) is 11.3 Å². The van der Waals surface area contributed by atoms with Crippen LogP contribution < -0.4 is 10.5 Å². The van der Waals surface area contributed by atoms with Crippen LogP contribution in [0.4, 0.5) is 0 Å². The molecule has 2 aromatic rings. The molecule has 0 radical (unpaired) electrons. The van der Waals surface area contributed by atoms with Crippen molar-refractivity contribution >= 4 is 22.9 Å². The Morgan fingerprint density at radius 1 is 1.37 bits per heavy atom. The van der Waals surface area contributed by atoms with Crippen molar-refractivity contribution in [3.05, 3.63) is 44.4 Å². The highest BCUT2D eigenvalue weighted by atomic mass is 35.5. The number of aromatic nitrogens is 1. The summed E-state index contributed by atoms with van der Waals surface area (Å²) in [5, 5.41) is 1.69. The standard InChI is InChI=1S/C14H17ClN2OS/c1-9-10(2)19-14(17-9)8-18-13-4-3-12(15)7-11(13)5-6-16/h3-4,7H,5-6,8,16H2,1-2H3. The monoisotopic (exact) mass is 296 g/mol. The van der Waals surface area contributed by atoms with Crippen LogP contribution in [0.5, 0.6) is 5.75 Å². The lowest BCUT2D eigenvalue weighted by Gasteiger charge is -2.10. The Hall–Kier alpha value is -1.10. The third-order valence-corrected chi connectivity index (χ3v) is 4.14. The van der Waals surface area contributed by atoms with Crippen molar-refractivity contribution in [3.63, 3.8) is 0 Å². The van der Waals surface area contributed by atoms with Gasteiger partial charge in [0.05, 0.1) is 5.69 Å². The number of halogens is 1. The number of benzene rings is 1. The lowest BCUT2D eigenvalue weighted by Crippen LogP contribution is -2.05. The van der Waals surface area contributed by atoms with E-state index in [2.05, 4.69) is 11.9 Å². The Morgan fingerprint density at radius 2 is 2.16 bits per heavy atom. The maximum absolute atomic E-state index is 5.99. The summed E-state index contributed by atoms with van der Waals surface area (Å²) in [7, 11) is 0. The molecule has 0 aliphatic rings. The Morgan fingerprint density at radius 3 is 2.79 bits per heavy atom. The predicted octanol–water partition coefficient (Wildman–Crippen LogP) is 3.49. The maximum Gasteiger partial charge on any atom is 0.140 e. The first-order valence-corrected chi connectivity index (χ1v) is 7.34. The van der Waals surface area contributed by atoms with E-state index in [9.17, 15) is 0 Å². The van der Waals surface area contributed by atoms with E-state index in [4.69, 9.17) is 22.1 Å². The van der Waals surface area contributed by atoms with Gasteiger partial charge in [-0.05, 0) is 50.6 Å². The van der Waals surface area contributed by atoms with Crippen molar-refractivity contribution in [3.8, 4) is 5.75 Å². The molecule has 0 atom stereocenters. The van der Waals surface area contributed by atoms with Crippen LogP contribution in [0.15, 0.2) is 18.2 Å². The summed E-state index contributed by atoms with van der Waals surface area (Å²) in [5.41, 5.74) is 7.71. The topological polar surface area (TPSA) is 48.1 Å². The van der Waals surface area contributed by atoms with Gasteiger partial charge < -0.3 is 10.5 Å². The molecule has 0 saturated heterocycles. The summed E-state index contributed by atoms with van der Waals surface area (Å²) in [6, 6.07) is 5.62. The fourth-order valence-electron chi connectivity index (χ4n) is 1.78. The molecule has 102 valence electrons. The van der Waals surface area contributed by atoms with Gasteiger partial charge in [0.2, 0.25) is 0 Å². The van der Waals surface area contributed by atoms with Crippen LogP contribution in [0, 0.1) is 13.8 Å². The molecule has 0 bridgehead atoms. The van der Waals surface area contributed by atoms with Crippen LogP contribution in [0.1, 0.15) is 21.1 Å². The van der Waals surface area contributed by atoms with E-state index in [0.29, 0.717) is 18.2 Å². The van der Waals surface area contributed by atoms with Crippen LogP contribution >= 0.6 is 22.9 Å². The molecule has 0 aliphatic heterocycles. The molecule has 2 rings (SSSR count). The molecule has 0 spiro atoms. The number of ether oxygens (including phenoxy) is 1. The van der Waals surface area contributed by atoms with Crippen molar-refractivity contribution in [1.82, 2.24) is 4.98 Å². The molecule has 2 N–H and O–H groups in total. The van der Waals surface area contributed by atoms with Crippen molar-refractivity contribution in [2.24, 2.45) is 5.73 Å². The summed E-state index contributed by atoms with van der Waals surface area (Å²) < 4.78 is 5.83. The third-order valence-electron chi connectivity index (χ3n) is 2.86. The number of hydrogen-bond donors (Lipinski definition) is 1. The Balaban J connectivity index is 2.10. The van der Waals surface area contributed by atoms with Gasteiger partial charge in [0.15, 0.2) is 0 Å². The van der Waals surface area contributed by atoms with E-state index < -0.39 is 0 Å². The third kappa shape index (κ3) is 3.69. The molecule has 0 unspecified atom stereocenters. The zero-order chi connectivity index (χ0) is 13.8. The van der Waals surface area contributed by atoms with E-state index in [1.807, 2.05) is 25.1 Å². The minimum Gasteiger partial charge on any atom is -0.486 e. The van der Waals surface area contributed by atoms with Gasteiger partial charge in [-0.2, -0.15) is 0 Å². The Kier molecular flexibility index (Phi) is 4.80. The van der Waals surface area contributed by atoms with Gasteiger partial charge in [-0.3, -0.25) is 0 Å². The van der Waals surface area contributed by atoms with Crippen molar-refractivity contribution in [2.45, 2.75) is 26.9 Å². The predicted molar refractivity (Wildman–Crippen MR) is 80.1 cm³/mol. The van der Waals surface area contributed by atoms with E-state index in [1.165, 1.54) is 4.88 Å². The largest absolute Gasteiger partial charge is 0.486 e. The van der Waals surface area contributed by atoms with Gasteiger partial charge in [-0.15, -0.1) is 11.3 Å². The van der Waals surface area contributed by atoms with Crippen molar-refractivity contribution in [1.29, 1.82) is 0 Å². The van der Waals surface area contributed by atoms with Crippen LogP contribution in [-0.2, 0) is 13.0 Å². The smallest absolute Gasteiger partial charge is 0.140 e. The zero-order valence-corrected chi connectivity index (χ0v) is 12.6. The maximum atomic E-state index is 5.99. The average Bonchev–Trinajstić information content (AvgIpc) is 2.68. The molecule has 5 heteroatoms. The molecule has 1 heterocycles. The Labute approximate surface area is 122 Å². The molecule has 0 saturated carbocycles. The van der Waals surface area contributed by atoms with Crippen LogP contribution in [0.3, 0.4) is 0 Å².